The van der Waals surface area contributed by atoms with Crippen LogP contribution in [0, 0.1) is 6.92 Å². The minimum absolute atomic E-state index is 0.209. The highest BCUT2D eigenvalue weighted by molar-refractivity contribution is 7.98. The van der Waals surface area contributed by atoms with Gasteiger partial charge in [-0.25, -0.2) is 4.98 Å². The number of hydrogen-bond acceptors (Lipinski definition) is 5. The van der Waals surface area contributed by atoms with Crippen molar-refractivity contribution >= 4 is 23.2 Å². The van der Waals surface area contributed by atoms with Gasteiger partial charge in [-0.15, -0.1) is 0 Å². The summed E-state index contributed by atoms with van der Waals surface area (Å²) >= 11 is 1.30. The van der Waals surface area contributed by atoms with Crippen LogP contribution in [0.4, 0.5) is 5.69 Å². The second kappa shape index (κ2) is 6.13. The molecule has 0 radical (unpaired) electrons. The predicted molar refractivity (Wildman–Crippen MR) is 85.6 cm³/mol. The summed E-state index contributed by atoms with van der Waals surface area (Å²) in [4.78, 5) is 33.2. The molecule has 2 rings (SSSR count). The van der Waals surface area contributed by atoms with Gasteiger partial charge in [-0.1, -0.05) is 11.8 Å². The first-order valence-corrected chi connectivity index (χ1v) is 7.63. The molecule has 110 valence electrons. The topological polar surface area (TPSA) is 66.1 Å². The summed E-state index contributed by atoms with van der Waals surface area (Å²) in [6.45, 7) is 1.61. The van der Waals surface area contributed by atoms with Gasteiger partial charge in [0.15, 0.2) is 5.16 Å². The number of aromatic nitrogens is 2. The number of aromatic amines is 1. The van der Waals surface area contributed by atoms with E-state index in [1.807, 2.05) is 31.1 Å². The largest absolute Gasteiger partial charge is 0.378 e. The molecule has 1 aromatic carbocycles. The Hall–Kier alpha value is -2.08. The van der Waals surface area contributed by atoms with Crippen LogP contribution in [0.15, 0.2) is 34.2 Å². The molecule has 1 heterocycles. The maximum Gasteiger partial charge on any atom is 0.255 e. The normalized spacial score (nSPS) is 10.5. The van der Waals surface area contributed by atoms with E-state index in [0.717, 1.165) is 5.69 Å². The molecule has 6 heteroatoms. The number of hydrogen-bond donors (Lipinski definition) is 1. The Kier molecular flexibility index (Phi) is 4.47. The van der Waals surface area contributed by atoms with Crippen LogP contribution in [0.3, 0.4) is 0 Å². The van der Waals surface area contributed by atoms with Crippen LogP contribution in [0.1, 0.15) is 21.6 Å². The monoisotopic (exact) mass is 303 g/mol. The lowest BCUT2D eigenvalue weighted by atomic mass is 10.0. The van der Waals surface area contributed by atoms with E-state index in [2.05, 4.69) is 9.97 Å². The maximum absolute atomic E-state index is 12.5. The minimum Gasteiger partial charge on any atom is -0.378 e. The molecule has 0 spiro atoms. The summed E-state index contributed by atoms with van der Waals surface area (Å²) in [7, 11) is 3.87. The Balaban J connectivity index is 2.44. The highest BCUT2D eigenvalue weighted by Gasteiger charge is 2.17. The van der Waals surface area contributed by atoms with E-state index in [-0.39, 0.29) is 17.0 Å². The van der Waals surface area contributed by atoms with Gasteiger partial charge in [-0.3, -0.25) is 9.59 Å². The van der Waals surface area contributed by atoms with E-state index >= 15 is 0 Å². The van der Waals surface area contributed by atoms with Crippen LogP contribution in [0.5, 0.6) is 0 Å². The van der Waals surface area contributed by atoms with Crippen molar-refractivity contribution in [2.24, 2.45) is 0 Å². The van der Waals surface area contributed by atoms with Gasteiger partial charge >= 0.3 is 0 Å². The smallest absolute Gasteiger partial charge is 0.255 e. The molecule has 0 atom stereocenters. The highest BCUT2D eigenvalue weighted by Crippen LogP contribution is 2.16. The highest BCUT2D eigenvalue weighted by atomic mass is 32.2. The van der Waals surface area contributed by atoms with Crippen LogP contribution in [0.2, 0.25) is 0 Å². The van der Waals surface area contributed by atoms with E-state index in [1.54, 1.807) is 25.3 Å². The molecule has 0 amide bonds. The average molecular weight is 303 g/mol. The number of rotatable bonds is 4. The number of H-pyrrole nitrogens is 1. The number of carbonyl (C=O) groups excluding carboxylic acids is 1. The van der Waals surface area contributed by atoms with Crippen LogP contribution in [-0.2, 0) is 0 Å². The molecule has 1 N–H and O–H groups in total. The Morgan fingerprint density at radius 1 is 1.24 bits per heavy atom. The molecule has 1 aromatic heterocycles. The molecule has 0 bridgehead atoms. The van der Waals surface area contributed by atoms with E-state index in [0.29, 0.717) is 16.3 Å². The van der Waals surface area contributed by atoms with Crippen molar-refractivity contribution in [1.29, 1.82) is 0 Å². The molecule has 0 aliphatic heterocycles. The molecule has 21 heavy (non-hydrogen) atoms. The summed E-state index contributed by atoms with van der Waals surface area (Å²) in [5.41, 5.74) is 1.80. The van der Waals surface area contributed by atoms with E-state index in [4.69, 9.17) is 0 Å². The van der Waals surface area contributed by atoms with Gasteiger partial charge in [-0.2, -0.15) is 0 Å². The summed E-state index contributed by atoms with van der Waals surface area (Å²) in [5, 5.41) is 0.443. The Morgan fingerprint density at radius 2 is 1.86 bits per heavy atom. The van der Waals surface area contributed by atoms with Crippen molar-refractivity contribution in [3.05, 3.63) is 51.4 Å². The van der Waals surface area contributed by atoms with Gasteiger partial charge in [0.2, 0.25) is 5.78 Å². The third-order valence-corrected chi connectivity index (χ3v) is 3.76. The number of anilines is 1. The second-order valence-corrected chi connectivity index (χ2v) is 5.61. The van der Waals surface area contributed by atoms with Gasteiger partial charge in [0, 0.05) is 30.9 Å². The minimum atomic E-state index is -0.275. The first-order chi connectivity index (χ1) is 9.93. The van der Waals surface area contributed by atoms with Crippen molar-refractivity contribution in [3.63, 3.8) is 0 Å². The van der Waals surface area contributed by atoms with E-state index in [9.17, 15) is 9.59 Å². The third kappa shape index (κ3) is 3.16. The van der Waals surface area contributed by atoms with Crippen LogP contribution < -0.4 is 10.5 Å². The van der Waals surface area contributed by atoms with Crippen LogP contribution >= 0.6 is 11.8 Å². The summed E-state index contributed by atoms with van der Waals surface area (Å²) in [5.74, 6) is -0.237. The van der Waals surface area contributed by atoms with E-state index < -0.39 is 0 Å². The van der Waals surface area contributed by atoms with Crippen LogP contribution in [-0.4, -0.2) is 36.1 Å². The summed E-state index contributed by atoms with van der Waals surface area (Å²) in [6, 6.07) is 7.23. The standard InChI is InChI=1S/C15H17N3O2S/c1-9-12(16-15(21-4)17-14(9)20)13(19)10-5-7-11(8-6-10)18(2)3/h5-8H,1-4H3,(H,16,17,20). The van der Waals surface area contributed by atoms with Gasteiger partial charge in [0.25, 0.3) is 5.56 Å². The van der Waals surface area contributed by atoms with Gasteiger partial charge in [-0.05, 0) is 37.4 Å². The van der Waals surface area contributed by atoms with Crippen molar-refractivity contribution in [2.75, 3.05) is 25.3 Å². The van der Waals surface area contributed by atoms with Gasteiger partial charge < -0.3 is 9.88 Å². The van der Waals surface area contributed by atoms with Crippen LogP contribution in [0.25, 0.3) is 0 Å². The zero-order valence-electron chi connectivity index (χ0n) is 12.4. The zero-order chi connectivity index (χ0) is 15.6. The predicted octanol–water partition coefficient (Wildman–Crippen LogP) is 2.10. The quantitative estimate of drug-likeness (QED) is 0.532. The lowest BCUT2D eigenvalue weighted by molar-refractivity contribution is 0.103. The zero-order valence-corrected chi connectivity index (χ0v) is 13.2. The molecule has 5 nitrogen and oxygen atoms in total. The second-order valence-electron chi connectivity index (χ2n) is 4.82. The number of ketones is 1. The lowest BCUT2D eigenvalue weighted by Gasteiger charge is -2.12. The fourth-order valence-corrected chi connectivity index (χ4v) is 2.25. The SMILES string of the molecule is CSc1nc(C(=O)c2ccc(N(C)C)cc2)c(C)c(=O)[nH]1. The number of benzene rings is 1. The fraction of sp³-hybridized carbons (Fsp3) is 0.267. The average Bonchev–Trinajstić information content (AvgIpc) is 2.49. The molecule has 0 unspecified atom stereocenters. The van der Waals surface area contributed by atoms with Crippen molar-refractivity contribution in [2.45, 2.75) is 12.1 Å². The first-order valence-electron chi connectivity index (χ1n) is 6.41. The molecule has 0 saturated heterocycles. The number of thioether (sulfide) groups is 1. The number of nitrogens with zero attached hydrogens (tertiary/aromatic N) is 2. The third-order valence-electron chi connectivity index (χ3n) is 3.18. The Bertz CT molecular complexity index is 721. The molecule has 0 saturated carbocycles. The maximum atomic E-state index is 12.5. The summed E-state index contributed by atoms with van der Waals surface area (Å²) < 4.78 is 0. The lowest BCUT2D eigenvalue weighted by Crippen LogP contribution is -2.19. The Labute approximate surface area is 127 Å². The van der Waals surface area contributed by atoms with E-state index in [1.165, 1.54) is 11.8 Å². The molecule has 2 aromatic rings. The Morgan fingerprint density at radius 3 is 2.38 bits per heavy atom. The van der Waals surface area contributed by atoms with Crippen molar-refractivity contribution in [1.82, 2.24) is 9.97 Å². The molecule has 0 aliphatic carbocycles. The van der Waals surface area contributed by atoms with Crippen molar-refractivity contribution in [3.8, 4) is 0 Å². The molecule has 0 aliphatic rings. The fourth-order valence-electron chi connectivity index (χ4n) is 1.88. The summed E-state index contributed by atoms with van der Waals surface area (Å²) in [6.07, 6.45) is 1.80. The van der Waals surface area contributed by atoms with Crippen molar-refractivity contribution < 1.29 is 4.79 Å². The molecular weight excluding hydrogens is 286 g/mol. The first kappa shape index (κ1) is 15.3. The number of carbonyl (C=O) groups is 1. The molecule has 0 fully saturated rings. The number of nitrogens with one attached hydrogen (secondary N) is 1. The van der Waals surface area contributed by atoms with Gasteiger partial charge in [0.05, 0.1) is 0 Å². The van der Waals surface area contributed by atoms with Gasteiger partial charge in [0.1, 0.15) is 5.69 Å². The molecular formula is C15H17N3O2S.